The van der Waals surface area contributed by atoms with E-state index in [1.165, 1.54) is 5.56 Å². The van der Waals surface area contributed by atoms with Gasteiger partial charge in [0.1, 0.15) is 0 Å². The largest absolute Gasteiger partial charge is 0.339 e. The average molecular weight is 361 g/mol. The van der Waals surface area contributed by atoms with Gasteiger partial charge in [-0.3, -0.25) is 14.6 Å². The highest BCUT2D eigenvalue weighted by Crippen LogP contribution is 2.31. The normalized spacial score (nSPS) is 17.3. The van der Waals surface area contributed by atoms with Crippen LogP contribution in [0.15, 0.2) is 54.9 Å². The summed E-state index contributed by atoms with van der Waals surface area (Å²) in [5.74, 6) is 0.205. The van der Waals surface area contributed by atoms with Gasteiger partial charge in [-0.25, -0.2) is 0 Å². The first kappa shape index (κ1) is 17.5. The number of aromatic nitrogens is 1. The number of hydrogen-bond donors (Lipinski definition) is 0. The molecule has 0 atom stereocenters. The molecule has 1 saturated heterocycles. The van der Waals surface area contributed by atoms with Crippen LogP contribution >= 0.6 is 0 Å². The molecule has 0 saturated carbocycles. The van der Waals surface area contributed by atoms with Crippen LogP contribution in [0, 0.1) is 5.92 Å². The summed E-state index contributed by atoms with van der Waals surface area (Å²) in [6.45, 7) is 2.02. The summed E-state index contributed by atoms with van der Waals surface area (Å²) in [6.07, 6.45) is 9.19. The Morgan fingerprint density at radius 3 is 2.63 bits per heavy atom. The van der Waals surface area contributed by atoms with E-state index < -0.39 is 0 Å². The summed E-state index contributed by atoms with van der Waals surface area (Å²) in [4.78, 5) is 33.1. The lowest BCUT2D eigenvalue weighted by molar-refractivity contribution is -0.130. The molecule has 1 aromatic carbocycles. The Labute approximate surface area is 159 Å². The number of piperidine rings is 1. The molecule has 0 N–H and O–H groups in total. The molecular formula is C22H23N3O2. The molecule has 27 heavy (non-hydrogen) atoms. The molecule has 1 aromatic heterocycles. The second-order valence-electron chi connectivity index (χ2n) is 7.09. The number of carbonyl (C=O) groups is 2. The minimum absolute atomic E-state index is 0.00232. The lowest BCUT2D eigenvalue weighted by atomic mass is 9.95. The van der Waals surface area contributed by atoms with Crippen LogP contribution in [0.3, 0.4) is 0 Å². The Bertz CT molecular complexity index is 855. The Morgan fingerprint density at radius 2 is 1.85 bits per heavy atom. The van der Waals surface area contributed by atoms with Crippen molar-refractivity contribution in [1.82, 2.24) is 9.88 Å². The number of likely N-dealkylation sites (tertiary alicyclic amines) is 1. The molecule has 0 bridgehead atoms. The van der Waals surface area contributed by atoms with Gasteiger partial charge in [-0.2, -0.15) is 0 Å². The summed E-state index contributed by atoms with van der Waals surface area (Å²) < 4.78 is 0. The highest BCUT2D eigenvalue weighted by atomic mass is 16.2. The van der Waals surface area contributed by atoms with E-state index >= 15 is 0 Å². The van der Waals surface area contributed by atoms with E-state index in [4.69, 9.17) is 0 Å². The van der Waals surface area contributed by atoms with Gasteiger partial charge in [0, 0.05) is 49.7 Å². The summed E-state index contributed by atoms with van der Waals surface area (Å²) in [7, 11) is 0. The van der Waals surface area contributed by atoms with E-state index in [0.717, 1.165) is 37.1 Å². The zero-order valence-corrected chi connectivity index (χ0v) is 15.3. The zero-order valence-electron chi connectivity index (χ0n) is 15.3. The summed E-state index contributed by atoms with van der Waals surface area (Å²) in [5.41, 5.74) is 3.21. The molecule has 138 valence electrons. The third-order valence-corrected chi connectivity index (χ3v) is 5.41. The van der Waals surface area contributed by atoms with Gasteiger partial charge in [0.2, 0.25) is 11.8 Å². The van der Waals surface area contributed by atoms with Crippen molar-refractivity contribution >= 4 is 23.6 Å². The zero-order chi connectivity index (χ0) is 18.6. The lowest BCUT2D eigenvalue weighted by Crippen LogP contribution is -2.43. The fraction of sp³-hybridized carbons (Fsp3) is 0.318. The second kappa shape index (κ2) is 7.74. The summed E-state index contributed by atoms with van der Waals surface area (Å²) in [6, 6.07) is 11.9. The van der Waals surface area contributed by atoms with Crippen molar-refractivity contribution < 1.29 is 9.59 Å². The Hall–Kier alpha value is -2.95. The summed E-state index contributed by atoms with van der Waals surface area (Å²) in [5, 5.41) is 0. The van der Waals surface area contributed by atoms with Gasteiger partial charge in [-0.05, 0) is 48.6 Å². The third kappa shape index (κ3) is 3.77. The first-order valence-corrected chi connectivity index (χ1v) is 9.48. The molecule has 2 aliphatic rings. The Morgan fingerprint density at radius 1 is 1.04 bits per heavy atom. The molecule has 2 aliphatic heterocycles. The van der Waals surface area contributed by atoms with Gasteiger partial charge in [0.25, 0.3) is 0 Å². The van der Waals surface area contributed by atoms with Crippen molar-refractivity contribution in [3.8, 4) is 0 Å². The maximum absolute atomic E-state index is 13.0. The molecule has 5 heteroatoms. The quantitative estimate of drug-likeness (QED) is 0.790. The standard InChI is InChI=1S/C22H23N3O2/c26-21(8-7-17-4-3-12-23-16-17)24-13-9-19(10-14-24)22(27)25-15-11-18-5-1-2-6-20(18)25/h1-8,12,16,19H,9-11,13-15H2. The molecule has 1 fully saturated rings. The van der Waals surface area contributed by atoms with E-state index in [1.807, 2.05) is 40.1 Å². The number of benzene rings is 1. The van der Waals surface area contributed by atoms with E-state index in [-0.39, 0.29) is 17.7 Å². The van der Waals surface area contributed by atoms with Crippen LogP contribution in [0.25, 0.3) is 6.08 Å². The predicted octanol–water partition coefficient (Wildman–Crippen LogP) is 2.92. The highest BCUT2D eigenvalue weighted by molar-refractivity contribution is 5.97. The van der Waals surface area contributed by atoms with E-state index in [9.17, 15) is 9.59 Å². The molecule has 0 unspecified atom stereocenters. The average Bonchev–Trinajstić information content (AvgIpc) is 3.16. The Balaban J connectivity index is 1.33. The summed E-state index contributed by atoms with van der Waals surface area (Å²) >= 11 is 0. The number of anilines is 1. The first-order valence-electron chi connectivity index (χ1n) is 9.48. The molecule has 2 aromatic rings. The van der Waals surface area contributed by atoms with Crippen molar-refractivity contribution in [2.75, 3.05) is 24.5 Å². The number of rotatable bonds is 3. The molecule has 2 amide bonds. The van der Waals surface area contributed by atoms with Crippen molar-refractivity contribution in [3.05, 3.63) is 66.0 Å². The van der Waals surface area contributed by atoms with Crippen LogP contribution in [0.2, 0.25) is 0 Å². The first-order chi connectivity index (χ1) is 13.2. The van der Waals surface area contributed by atoms with Gasteiger partial charge >= 0.3 is 0 Å². The van der Waals surface area contributed by atoms with Crippen LogP contribution in [0.1, 0.15) is 24.0 Å². The van der Waals surface area contributed by atoms with Crippen LogP contribution in [-0.4, -0.2) is 41.3 Å². The van der Waals surface area contributed by atoms with Crippen LogP contribution < -0.4 is 4.90 Å². The second-order valence-corrected chi connectivity index (χ2v) is 7.09. The predicted molar refractivity (Wildman–Crippen MR) is 105 cm³/mol. The minimum atomic E-state index is -0.00345. The highest BCUT2D eigenvalue weighted by Gasteiger charge is 2.32. The van der Waals surface area contributed by atoms with Crippen LogP contribution in [0.4, 0.5) is 5.69 Å². The smallest absolute Gasteiger partial charge is 0.246 e. The lowest BCUT2D eigenvalue weighted by Gasteiger charge is -2.32. The monoisotopic (exact) mass is 361 g/mol. The maximum atomic E-state index is 13.0. The number of carbonyl (C=O) groups excluding carboxylic acids is 2. The number of pyridine rings is 1. The van der Waals surface area contributed by atoms with Crippen LogP contribution in [0.5, 0.6) is 0 Å². The molecule has 0 radical (unpaired) electrons. The minimum Gasteiger partial charge on any atom is -0.339 e. The number of para-hydroxylation sites is 1. The van der Waals surface area contributed by atoms with Gasteiger partial charge in [0.05, 0.1) is 0 Å². The molecular weight excluding hydrogens is 338 g/mol. The number of amides is 2. The van der Waals surface area contributed by atoms with E-state index in [2.05, 4.69) is 11.1 Å². The fourth-order valence-corrected chi connectivity index (χ4v) is 3.88. The molecule has 4 rings (SSSR count). The van der Waals surface area contributed by atoms with Gasteiger partial charge < -0.3 is 9.80 Å². The number of fused-ring (bicyclic) bond motifs is 1. The fourth-order valence-electron chi connectivity index (χ4n) is 3.88. The molecule has 5 nitrogen and oxygen atoms in total. The SMILES string of the molecule is O=C(C=Cc1cccnc1)N1CCC(C(=O)N2CCc3ccccc32)CC1. The molecule has 3 heterocycles. The maximum Gasteiger partial charge on any atom is 0.246 e. The number of nitrogens with zero attached hydrogens (tertiary/aromatic N) is 3. The Kier molecular flexibility index (Phi) is 5.01. The molecule has 0 aliphatic carbocycles. The third-order valence-electron chi connectivity index (χ3n) is 5.41. The number of hydrogen-bond acceptors (Lipinski definition) is 3. The van der Waals surface area contributed by atoms with Crippen molar-refractivity contribution in [2.24, 2.45) is 5.92 Å². The van der Waals surface area contributed by atoms with Gasteiger partial charge in [-0.1, -0.05) is 24.3 Å². The van der Waals surface area contributed by atoms with Crippen LogP contribution in [-0.2, 0) is 16.0 Å². The van der Waals surface area contributed by atoms with E-state index in [1.54, 1.807) is 24.5 Å². The van der Waals surface area contributed by atoms with Crippen molar-refractivity contribution in [3.63, 3.8) is 0 Å². The van der Waals surface area contributed by atoms with Gasteiger partial charge in [-0.15, -0.1) is 0 Å². The van der Waals surface area contributed by atoms with Gasteiger partial charge in [0.15, 0.2) is 0 Å². The molecule has 0 spiro atoms. The topological polar surface area (TPSA) is 53.5 Å². The van der Waals surface area contributed by atoms with Crippen molar-refractivity contribution in [2.45, 2.75) is 19.3 Å². The van der Waals surface area contributed by atoms with E-state index in [0.29, 0.717) is 13.1 Å². The van der Waals surface area contributed by atoms with Crippen molar-refractivity contribution in [1.29, 1.82) is 0 Å².